The first-order valence-corrected chi connectivity index (χ1v) is 11.8. The first-order chi connectivity index (χ1) is 15.3. The van der Waals surface area contributed by atoms with Crippen molar-refractivity contribution < 1.29 is 13.5 Å². The van der Waals surface area contributed by atoms with Gasteiger partial charge in [-0.05, 0) is 38.0 Å². The summed E-state index contributed by atoms with van der Waals surface area (Å²) in [6.45, 7) is 3.01. The van der Waals surface area contributed by atoms with Crippen LogP contribution in [0.2, 0.25) is 0 Å². The molecule has 9 nitrogen and oxygen atoms in total. The van der Waals surface area contributed by atoms with E-state index in [2.05, 4.69) is 16.0 Å². The van der Waals surface area contributed by atoms with Gasteiger partial charge in [0.2, 0.25) is 0 Å². The minimum atomic E-state index is -3.80. The summed E-state index contributed by atoms with van der Waals surface area (Å²) in [4.78, 5) is 9.04. The van der Waals surface area contributed by atoms with Gasteiger partial charge < -0.3 is 10.1 Å². The molecule has 1 saturated heterocycles. The van der Waals surface area contributed by atoms with Gasteiger partial charge in [0, 0.05) is 24.7 Å². The lowest BCUT2D eigenvalue weighted by Gasteiger charge is -2.38. The zero-order valence-electron chi connectivity index (χ0n) is 17.5. The molecular weight excluding hydrogens is 428 g/mol. The third kappa shape index (κ3) is 3.21. The number of aromatic nitrogens is 4. The van der Waals surface area contributed by atoms with Crippen LogP contribution in [0.3, 0.4) is 0 Å². The third-order valence-electron chi connectivity index (χ3n) is 6.13. The molecule has 10 heteroatoms. The average molecular weight is 451 g/mol. The molecule has 0 aliphatic carbocycles. The molecule has 1 aliphatic rings. The van der Waals surface area contributed by atoms with Crippen molar-refractivity contribution in [3.63, 3.8) is 0 Å². The molecule has 4 aromatic rings. The molecule has 1 aliphatic heterocycles. The Morgan fingerprint density at radius 1 is 1.16 bits per heavy atom. The van der Waals surface area contributed by atoms with Crippen molar-refractivity contribution in [3.05, 3.63) is 54.6 Å². The summed E-state index contributed by atoms with van der Waals surface area (Å²) in [6, 6.07) is 10.5. The quantitative estimate of drug-likeness (QED) is 0.507. The van der Waals surface area contributed by atoms with Crippen molar-refractivity contribution in [2.24, 2.45) is 0 Å². The van der Waals surface area contributed by atoms with E-state index in [-0.39, 0.29) is 11.3 Å². The molecule has 0 bridgehead atoms. The van der Waals surface area contributed by atoms with E-state index in [1.807, 2.05) is 16.6 Å². The SMILES string of the molecule is Cc1ccc(S(=O)(=O)n2ccc3c4c(cnc32)ncn4N2CCC(O)(CC#N)CC2)cc1. The predicted octanol–water partition coefficient (Wildman–Crippen LogP) is 2.31. The molecule has 1 N–H and O–H groups in total. The van der Waals surface area contributed by atoms with Gasteiger partial charge in [-0.1, -0.05) is 17.7 Å². The van der Waals surface area contributed by atoms with Gasteiger partial charge >= 0.3 is 0 Å². The topological polar surface area (TPSA) is 117 Å². The van der Waals surface area contributed by atoms with Crippen molar-refractivity contribution in [2.45, 2.75) is 36.7 Å². The van der Waals surface area contributed by atoms with Gasteiger partial charge in [0.05, 0.1) is 29.2 Å². The number of benzene rings is 1. The molecule has 1 fully saturated rings. The summed E-state index contributed by atoms with van der Waals surface area (Å²) < 4.78 is 29.6. The molecular formula is C22H22N6O3S. The van der Waals surface area contributed by atoms with Crippen LogP contribution in [0, 0.1) is 18.3 Å². The van der Waals surface area contributed by atoms with Crippen LogP contribution in [0.1, 0.15) is 24.8 Å². The highest BCUT2D eigenvalue weighted by molar-refractivity contribution is 7.90. The lowest BCUT2D eigenvalue weighted by molar-refractivity contribution is 0.0166. The standard InChI is InChI=1S/C22H22N6O3S/c1-16-2-4-17(5-3-16)32(30,31)28-11-6-18-20-19(14-24-21(18)28)25-15-27(20)26-12-8-22(29,7-10-23)9-13-26/h2-6,11,14-15,29H,7-9,12-13H2,1H3. The van der Waals surface area contributed by atoms with E-state index >= 15 is 0 Å². The number of rotatable bonds is 4. The number of pyridine rings is 1. The van der Waals surface area contributed by atoms with Gasteiger partial charge in [-0.25, -0.2) is 27.0 Å². The van der Waals surface area contributed by atoms with Crippen molar-refractivity contribution >= 4 is 32.1 Å². The highest BCUT2D eigenvalue weighted by Crippen LogP contribution is 2.29. The monoisotopic (exact) mass is 450 g/mol. The zero-order valence-corrected chi connectivity index (χ0v) is 18.3. The number of aliphatic hydroxyl groups is 1. The molecule has 4 heterocycles. The highest BCUT2D eigenvalue weighted by Gasteiger charge is 2.33. The second kappa shape index (κ2) is 7.32. The molecule has 0 unspecified atom stereocenters. The highest BCUT2D eigenvalue weighted by atomic mass is 32.2. The first-order valence-electron chi connectivity index (χ1n) is 10.3. The van der Waals surface area contributed by atoms with E-state index in [4.69, 9.17) is 5.26 Å². The Labute approximate surface area is 185 Å². The van der Waals surface area contributed by atoms with E-state index < -0.39 is 15.6 Å². The fourth-order valence-electron chi connectivity index (χ4n) is 4.23. The maximum atomic E-state index is 13.3. The van der Waals surface area contributed by atoms with Gasteiger partial charge in [-0.15, -0.1) is 0 Å². The first kappa shape index (κ1) is 20.5. The maximum Gasteiger partial charge on any atom is 0.269 e. The number of hydrogen-bond acceptors (Lipinski definition) is 7. The van der Waals surface area contributed by atoms with Crippen LogP contribution in [0.25, 0.3) is 22.1 Å². The summed E-state index contributed by atoms with van der Waals surface area (Å²) in [5, 5.41) is 22.2. The molecule has 1 aromatic carbocycles. The molecule has 5 rings (SSSR count). The summed E-state index contributed by atoms with van der Waals surface area (Å²) >= 11 is 0. The van der Waals surface area contributed by atoms with Crippen molar-refractivity contribution in [2.75, 3.05) is 18.1 Å². The lowest BCUT2D eigenvalue weighted by Crippen LogP contribution is -2.48. The van der Waals surface area contributed by atoms with E-state index in [0.29, 0.717) is 42.5 Å². The predicted molar refractivity (Wildman–Crippen MR) is 119 cm³/mol. The van der Waals surface area contributed by atoms with Gasteiger partial charge in [0.15, 0.2) is 5.65 Å². The van der Waals surface area contributed by atoms with E-state index in [1.54, 1.807) is 42.9 Å². The molecule has 32 heavy (non-hydrogen) atoms. The molecule has 0 saturated carbocycles. The van der Waals surface area contributed by atoms with Gasteiger partial charge in [-0.3, -0.25) is 0 Å². The Bertz CT molecular complexity index is 1460. The van der Waals surface area contributed by atoms with E-state index in [0.717, 1.165) is 11.1 Å². The van der Waals surface area contributed by atoms with E-state index in [9.17, 15) is 13.5 Å². The van der Waals surface area contributed by atoms with E-state index in [1.165, 1.54) is 10.2 Å². The van der Waals surface area contributed by atoms with Gasteiger partial charge in [-0.2, -0.15) is 5.26 Å². The van der Waals surface area contributed by atoms with Crippen molar-refractivity contribution in [1.29, 1.82) is 5.26 Å². The summed E-state index contributed by atoms with van der Waals surface area (Å²) in [5.74, 6) is 0. The Morgan fingerprint density at radius 3 is 2.56 bits per heavy atom. The van der Waals surface area contributed by atoms with Crippen LogP contribution >= 0.6 is 0 Å². The van der Waals surface area contributed by atoms with Crippen LogP contribution in [-0.2, 0) is 10.0 Å². The number of nitriles is 1. The van der Waals surface area contributed by atoms with Crippen LogP contribution in [0.4, 0.5) is 0 Å². The minimum Gasteiger partial charge on any atom is -0.389 e. The van der Waals surface area contributed by atoms with Crippen molar-refractivity contribution in [1.82, 2.24) is 18.6 Å². The molecule has 0 radical (unpaired) electrons. The Hall–Kier alpha value is -3.42. The van der Waals surface area contributed by atoms with Crippen molar-refractivity contribution in [3.8, 4) is 6.07 Å². The number of hydrogen-bond donors (Lipinski definition) is 1. The van der Waals surface area contributed by atoms with Crippen LogP contribution in [0.15, 0.2) is 53.9 Å². The third-order valence-corrected chi connectivity index (χ3v) is 7.81. The molecule has 3 aromatic heterocycles. The number of piperidine rings is 1. The zero-order chi connectivity index (χ0) is 22.5. The fraction of sp³-hybridized carbons (Fsp3) is 0.318. The fourth-order valence-corrected chi connectivity index (χ4v) is 5.53. The maximum absolute atomic E-state index is 13.3. The number of imidazole rings is 1. The van der Waals surface area contributed by atoms with Crippen LogP contribution in [0.5, 0.6) is 0 Å². The minimum absolute atomic E-state index is 0.111. The largest absolute Gasteiger partial charge is 0.389 e. The van der Waals surface area contributed by atoms with Crippen LogP contribution < -0.4 is 5.01 Å². The summed E-state index contributed by atoms with van der Waals surface area (Å²) in [6.07, 6.45) is 5.83. The van der Waals surface area contributed by atoms with Gasteiger partial charge in [0.25, 0.3) is 10.0 Å². The summed E-state index contributed by atoms with van der Waals surface area (Å²) in [7, 11) is -3.80. The molecule has 0 amide bonds. The molecule has 0 spiro atoms. The van der Waals surface area contributed by atoms with Gasteiger partial charge in [0.1, 0.15) is 17.4 Å². The molecule has 0 atom stereocenters. The Balaban J connectivity index is 1.57. The number of aryl methyl sites for hydroxylation is 1. The number of fused-ring (bicyclic) bond motifs is 3. The second-order valence-corrected chi connectivity index (χ2v) is 10.1. The Kier molecular flexibility index (Phi) is 4.69. The smallest absolute Gasteiger partial charge is 0.269 e. The molecule has 164 valence electrons. The van der Waals surface area contributed by atoms with Crippen LogP contribution in [-0.4, -0.2) is 50.8 Å². The second-order valence-electron chi connectivity index (χ2n) is 8.26. The summed E-state index contributed by atoms with van der Waals surface area (Å²) in [5.41, 5.74) is 1.76. The average Bonchev–Trinajstić information content (AvgIpc) is 3.39. The number of nitrogens with zero attached hydrogens (tertiary/aromatic N) is 6. The lowest BCUT2D eigenvalue weighted by atomic mass is 9.89. The Morgan fingerprint density at radius 2 is 1.88 bits per heavy atom. The normalized spacial score (nSPS) is 16.5.